The fraction of sp³-hybridized carbons (Fsp3) is 0.412. The van der Waals surface area contributed by atoms with Crippen LogP contribution in [0, 0.1) is 3.57 Å². The highest BCUT2D eigenvalue weighted by Crippen LogP contribution is 2.18. The number of benzene rings is 1. The summed E-state index contributed by atoms with van der Waals surface area (Å²) in [6.45, 7) is 6.13. The Morgan fingerprint density at radius 2 is 1.96 bits per heavy atom. The van der Waals surface area contributed by atoms with Gasteiger partial charge in [0.2, 0.25) is 0 Å². The van der Waals surface area contributed by atoms with Crippen LogP contribution in [-0.2, 0) is 11.2 Å². The highest BCUT2D eigenvalue weighted by molar-refractivity contribution is 14.1. The standard InChI is InChI=1S/C17H22IN3O2/c1-17(2,3)23-16(22)21(4)10-9-15-19-11-14(20-15)12-5-7-13(18)8-6-12/h5-8,11H,9-10H2,1-4H3,(H,19,20). The molecule has 0 bridgehead atoms. The van der Waals surface area contributed by atoms with Gasteiger partial charge in [-0.15, -0.1) is 0 Å². The van der Waals surface area contributed by atoms with Crippen LogP contribution in [0.25, 0.3) is 11.3 Å². The lowest BCUT2D eigenvalue weighted by Gasteiger charge is -2.24. The van der Waals surface area contributed by atoms with E-state index in [0.29, 0.717) is 13.0 Å². The van der Waals surface area contributed by atoms with Crippen molar-refractivity contribution in [2.75, 3.05) is 13.6 Å². The van der Waals surface area contributed by atoms with Crippen molar-refractivity contribution in [3.8, 4) is 11.3 Å². The van der Waals surface area contributed by atoms with E-state index in [2.05, 4.69) is 56.8 Å². The quantitative estimate of drug-likeness (QED) is 0.748. The summed E-state index contributed by atoms with van der Waals surface area (Å²) >= 11 is 2.28. The van der Waals surface area contributed by atoms with E-state index in [1.165, 1.54) is 3.57 Å². The Morgan fingerprint density at radius 1 is 1.30 bits per heavy atom. The lowest BCUT2D eigenvalue weighted by molar-refractivity contribution is 0.0300. The van der Waals surface area contributed by atoms with Gasteiger partial charge >= 0.3 is 6.09 Å². The van der Waals surface area contributed by atoms with Crippen molar-refractivity contribution in [2.24, 2.45) is 0 Å². The van der Waals surface area contributed by atoms with Crippen LogP contribution in [0.3, 0.4) is 0 Å². The van der Waals surface area contributed by atoms with Crippen molar-refractivity contribution >= 4 is 28.7 Å². The predicted molar refractivity (Wildman–Crippen MR) is 99.3 cm³/mol. The van der Waals surface area contributed by atoms with Crippen LogP contribution in [0.15, 0.2) is 30.5 Å². The van der Waals surface area contributed by atoms with Crippen LogP contribution in [-0.4, -0.2) is 40.2 Å². The first-order valence-electron chi connectivity index (χ1n) is 7.49. The highest BCUT2D eigenvalue weighted by atomic mass is 127. The molecule has 0 saturated carbocycles. The molecule has 0 fully saturated rings. The van der Waals surface area contributed by atoms with Crippen LogP contribution in [0.5, 0.6) is 0 Å². The van der Waals surface area contributed by atoms with Gasteiger partial charge in [0.15, 0.2) is 0 Å². The summed E-state index contributed by atoms with van der Waals surface area (Å²) in [6, 6.07) is 8.21. The summed E-state index contributed by atoms with van der Waals surface area (Å²) < 4.78 is 6.52. The number of hydrogen-bond donors (Lipinski definition) is 1. The summed E-state index contributed by atoms with van der Waals surface area (Å²) in [5, 5.41) is 0. The molecule has 0 atom stereocenters. The number of imidazole rings is 1. The zero-order valence-electron chi connectivity index (χ0n) is 13.9. The van der Waals surface area contributed by atoms with Crippen molar-refractivity contribution in [1.82, 2.24) is 14.9 Å². The largest absolute Gasteiger partial charge is 0.444 e. The molecule has 2 rings (SSSR count). The number of rotatable bonds is 4. The van der Waals surface area contributed by atoms with E-state index in [1.54, 1.807) is 11.9 Å². The van der Waals surface area contributed by atoms with Crippen LogP contribution in [0.2, 0.25) is 0 Å². The fourth-order valence-corrected chi connectivity index (χ4v) is 2.32. The Kier molecular flexibility index (Phi) is 5.67. The number of carbonyl (C=O) groups is 1. The van der Waals surface area contributed by atoms with E-state index in [4.69, 9.17) is 4.74 Å². The third-order valence-corrected chi connectivity index (χ3v) is 3.88. The molecule has 6 heteroatoms. The topological polar surface area (TPSA) is 58.2 Å². The number of aromatic nitrogens is 2. The molecular formula is C17H22IN3O2. The number of carbonyl (C=O) groups excluding carboxylic acids is 1. The lowest BCUT2D eigenvalue weighted by Crippen LogP contribution is -2.35. The van der Waals surface area contributed by atoms with Crippen molar-refractivity contribution in [3.63, 3.8) is 0 Å². The van der Waals surface area contributed by atoms with Crippen molar-refractivity contribution in [1.29, 1.82) is 0 Å². The van der Waals surface area contributed by atoms with E-state index < -0.39 is 5.60 Å². The van der Waals surface area contributed by atoms with Gasteiger partial charge in [-0.05, 0) is 55.5 Å². The third kappa shape index (κ3) is 5.53. The van der Waals surface area contributed by atoms with E-state index in [1.807, 2.05) is 27.0 Å². The molecule has 0 aliphatic rings. The van der Waals surface area contributed by atoms with Crippen molar-refractivity contribution < 1.29 is 9.53 Å². The fourth-order valence-electron chi connectivity index (χ4n) is 1.96. The maximum Gasteiger partial charge on any atom is 0.410 e. The zero-order valence-corrected chi connectivity index (χ0v) is 16.0. The molecule has 0 spiro atoms. The molecule has 1 heterocycles. The second-order valence-corrected chi connectivity index (χ2v) is 7.64. The zero-order chi connectivity index (χ0) is 17.0. The van der Waals surface area contributed by atoms with E-state index in [0.717, 1.165) is 17.1 Å². The Bertz CT molecular complexity index is 659. The van der Waals surface area contributed by atoms with Gasteiger partial charge in [-0.2, -0.15) is 0 Å². The van der Waals surface area contributed by atoms with Gasteiger partial charge in [0, 0.05) is 35.3 Å². The minimum Gasteiger partial charge on any atom is -0.444 e. The second kappa shape index (κ2) is 7.33. The molecule has 2 aromatic rings. The Hall–Kier alpha value is -1.57. The number of halogens is 1. The molecule has 0 saturated heterocycles. The second-order valence-electron chi connectivity index (χ2n) is 6.39. The van der Waals surface area contributed by atoms with Crippen LogP contribution in [0.4, 0.5) is 4.79 Å². The Morgan fingerprint density at radius 3 is 2.57 bits per heavy atom. The molecule has 1 N–H and O–H groups in total. The molecule has 0 aliphatic carbocycles. The minimum absolute atomic E-state index is 0.318. The molecule has 1 amide bonds. The molecule has 23 heavy (non-hydrogen) atoms. The molecule has 0 aliphatic heterocycles. The molecule has 5 nitrogen and oxygen atoms in total. The number of amides is 1. The molecular weight excluding hydrogens is 405 g/mol. The summed E-state index contributed by atoms with van der Waals surface area (Å²) in [4.78, 5) is 21.2. The summed E-state index contributed by atoms with van der Waals surface area (Å²) in [5.41, 5.74) is 1.51. The average molecular weight is 427 g/mol. The first-order valence-corrected chi connectivity index (χ1v) is 8.57. The first-order chi connectivity index (χ1) is 10.7. The number of H-pyrrole nitrogens is 1. The first kappa shape index (κ1) is 17.8. The number of nitrogens with one attached hydrogen (secondary N) is 1. The summed E-state index contributed by atoms with van der Waals surface area (Å²) in [7, 11) is 1.73. The van der Waals surface area contributed by atoms with E-state index in [9.17, 15) is 4.79 Å². The van der Waals surface area contributed by atoms with Crippen LogP contribution in [0.1, 0.15) is 26.6 Å². The maximum atomic E-state index is 11.9. The smallest absolute Gasteiger partial charge is 0.410 e. The average Bonchev–Trinajstić information content (AvgIpc) is 2.92. The van der Waals surface area contributed by atoms with Gasteiger partial charge in [-0.1, -0.05) is 12.1 Å². The molecule has 0 unspecified atom stereocenters. The normalized spacial score (nSPS) is 11.3. The van der Waals surface area contributed by atoms with Gasteiger partial charge < -0.3 is 14.6 Å². The summed E-state index contributed by atoms with van der Waals surface area (Å²) in [6.07, 6.45) is 2.23. The number of nitrogens with zero attached hydrogens (tertiary/aromatic N) is 2. The van der Waals surface area contributed by atoms with Crippen LogP contribution < -0.4 is 0 Å². The number of hydrogen-bond acceptors (Lipinski definition) is 3. The molecule has 124 valence electrons. The van der Waals surface area contributed by atoms with Gasteiger partial charge in [0.05, 0.1) is 5.69 Å². The van der Waals surface area contributed by atoms with Crippen molar-refractivity contribution in [2.45, 2.75) is 32.8 Å². The van der Waals surface area contributed by atoms with Gasteiger partial charge in [0.1, 0.15) is 11.4 Å². The van der Waals surface area contributed by atoms with Gasteiger partial charge in [-0.3, -0.25) is 0 Å². The van der Waals surface area contributed by atoms with E-state index >= 15 is 0 Å². The number of aromatic amines is 1. The molecule has 1 aromatic carbocycles. The Labute approximate surface area is 150 Å². The third-order valence-electron chi connectivity index (χ3n) is 3.16. The van der Waals surface area contributed by atoms with Gasteiger partial charge in [-0.25, -0.2) is 9.78 Å². The van der Waals surface area contributed by atoms with E-state index in [-0.39, 0.29) is 6.09 Å². The molecule has 0 radical (unpaired) electrons. The number of likely N-dealkylation sites (N-methyl/N-ethyl adjacent to an activating group) is 1. The Balaban J connectivity index is 1.92. The SMILES string of the molecule is CN(CCc1nc(-c2ccc(I)cc2)c[nH]1)C(=O)OC(C)(C)C. The maximum absolute atomic E-state index is 11.9. The van der Waals surface area contributed by atoms with Crippen LogP contribution >= 0.6 is 22.6 Å². The highest BCUT2D eigenvalue weighted by Gasteiger charge is 2.19. The van der Waals surface area contributed by atoms with Crippen molar-refractivity contribution in [3.05, 3.63) is 39.9 Å². The van der Waals surface area contributed by atoms with Gasteiger partial charge in [0.25, 0.3) is 0 Å². The lowest BCUT2D eigenvalue weighted by atomic mass is 10.2. The predicted octanol–water partition coefficient (Wildman–Crippen LogP) is 4.09. The molecule has 1 aromatic heterocycles. The minimum atomic E-state index is -0.478. The summed E-state index contributed by atoms with van der Waals surface area (Å²) in [5.74, 6) is 0.856. The monoisotopic (exact) mass is 427 g/mol. The number of ether oxygens (including phenoxy) is 1.